The van der Waals surface area contributed by atoms with Crippen molar-refractivity contribution in [3.63, 3.8) is 0 Å². The Morgan fingerprint density at radius 2 is 1.81 bits per heavy atom. The zero-order valence-corrected chi connectivity index (χ0v) is 21.2. The minimum atomic E-state index is -0.683. The van der Waals surface area contributed by atoms with Gasteiger partial charge in [0.1, 0.15) is 29.4 Å². The Balaban J connectivity index is 1.58. The number of aromatic nitrogens is 4. The number of fused-ring (bicyclic) bond motifs is 1. The number of ether oxygens (including phenoxy) is 1. The summed E-state index contributed by atoms with van der Waals surface area (Å²) in [6.07, 6.45) is 4.56. The number of rotatable bonds is 3. The largest absolute Gasteiger partial charge is 0.444 e. The Morgan fingerprint density at radius 1 is 1.05 bits per heavy atom. The molecule has 1 fully saturated rings. The maximum Gasteiger partial charge on any atom is 0.410 e. The monoisotopic (exact) mass is 506 g/mol. The van der Waals surface area contributed by atoms with E-state index in [4.69, 9.17) is 4.74 Å². The molecule has 0 unspecified atom stereocenters. The van der Waals surface area contributed by atoms with Crippen LogP contribution in [0.1, 0.15) is 27.7 Å². The number of halogens is 2. The lowest BCUT2D eigenvalue weighted by Gasteiger charge is -2.40. The molecule has 0 N–H and O–H groups in total. The minimum Gasteiger partial charge on any atom is -0.444 e. The van der Waals surface area contributed by atoms with E-state index in [2.05, 4.69) is 19.9 Å². The van der Waals surface area contributed by atoms with Crippen molar-refractivity contribution in [2.45, 2.75) is 39.3 Å². The molecule has 1 aromatic carbocycles. The number of piperazine rings is 1. The van der Waals surface area contributed by atoms with Gasteiger partial charge in [-0.25, -0.2) is 23.5 Å². The van der Waals surface area contributed by atoms with Crippen LogP contribution in [0.2, 0.25) is 0 Å². The van der Waals surface area contributed by atoms with Crippen molar-refractivity contribution >= 4 is 22.9 Å². The number of carbonyl (C=O) groups is 1. The van der Waals surface area contributed by atoms with Gasteiger partial charge in [-0.15, -0.1) is 0 Å². The second kappa shape index (κ2) is 9.42. The third-order valence-corrected chi connectivity index (χ3v) is 6.18. The van der Waals surface area contributed by atoms with Crippen molar-refractivity contribution < 1.29 is 18.3 Å². The van der Waals surface area contributed by atoms with Gasteiger partial charge in [0.15, 0.2) is 5.65 Å². The fourth-order valence-corrected chi connectivity index (χ4v) is 4.62. The van der Waals surface area contributed by atoms with E-state index in [9.17, 15) is 13.6 Å². The van der Waals surface area contributed by atoms with Gasteiger partial charge in [-0.3, -0.25) is 4.98 Å². The van der Waals surface area contributed by atoms with Crippen LogP contribution in [-0.4, -0.2) is 61.8 Å². The predicted molar refractivity (Wildman–Crippen MR) is 137 cm³/mol. The number of anilines is 1. The summed E-state index contributed by atoms with van der Waals surface area (Å²) in [5.74, 6) is -0.702. The molecular weight excluding hydrogens is 478 g/mol. The smallest absolute Gasteiger partial charge is 0.410 e. The van der Waals surface area contributed by atoms with Crippen LogP contribution in [0, 0.1) is 11.6 Å². The van der Waals surface area contributed by atoms with Gasteiger partial charge in [-0.1, -0.05) is 6.07 Å². The molecule has 0 aliphatic carbocycles. The molecule has 37 heavy (non-hydrogen) atoms. The Bertz CT molecular complexity index is 1430. The second-order valence-electron chi connectivity index (χ2n) is 10.1. The molecule has 1 amide bonds. The van der Waals surface area contributed by atoms with Crippen LogP contribution in [0.15, 0.2) is 55.1 Å². The molecule has 0 bridgehead atoms. The van der Waals surface area contributed by atoms with Crippen molar-refractivity contribution in [2.75, 3.05) is 24.5 Å². The first-order valence-electron chi connectivity index (χ1n) is 12.1. The molecule has 0 spiro atoms. The number of hydrogen-bond donors (Lipinski definition) is 0. The van der Waals surface area contributed by atoms with Crippen LogP contribution >= 0.6 is 0 Å². The van der Waals surface area contributed by atoms with Gasteiger partial charge in [0, 0.05) is 49.7 Å². The van der Waals surface area contributed by atoms with Gasteiger partial charge in [0.25, 0.3) is 0 Å². The number of benzene rings is 1. The zero-order valence-electron chi connectivity index (χ0n) is 21.2. The maximum atomic E-state index is 14.1. The van der Waals surface area contributed by atoms with Crippen molar-refractivity contribution in [2.24, 2.45) is 0 Å². The van der Waals surface area contributed by atoms with E-state index in [1.165, 1.54) is 18.5 Å². The molecule has 8 nitrogen and oxygen atoms in total. The fraction of sp³-hybridized carbons (Fsp3) is 0.333. The summed E-state index contributed by atoms with van der Waals surface area (Å²) < 4.78 is 35.5. The van der Waals surface area contributed by atoms with Crippen LogP contribution in [0.4, 0.5) is 19.4 Å². The van der Waals surface area contributed by atoms with Crippen molar-refractivity contribution in [1.29, 1.82) is 0 Å². The predicted octanol–water partition coefficient (Wildman–Crippen LogP) is 5.21. The molecule has 192 valence electrons. The summed E-state index contributed by atoms with van der Waals surface area (Å²) in [5.41, 5.74) is 1.64. The molecule has 10 heteroatoms. The second-order valence-corrected chi connectivity index (χ2v) is 10.1. The first-order valence-corrected chi connectivity index (χ1v) is 12.1. The average molecular weight is 507 g/mol. The Labute approximate surface area is 213 Å². The van der Waals surface area contributed by atoms with E-state index in [0.717, 1.165) is 11.6 Å². The standard InChI is InChI=1S/C27H28F2N6O2/c1-17-14-33(9-10-34(17)26(36)37-27(2,3)4)24-23-21(22-7-5-6-8-30-22)15-35(25(23)32-16-31-24)20-12-18(28)11-19(29)13-20/h5-8,11-13,15-17H,9-10,14H2,1-4H3/t17-/m1/s1. The van der Waals surface area contributed by atoms with E-state index >= 15 is 0 Å². The van der Waals surface area contributed by atoms with Gasteiger partial charge in [0.2, 0.25) is 0 Å². The lowest BCUT2D eigenvalue weighted by atomic mass is 10.1. The summed E-state index contributed by atoms with van der Waals surface area (Å²) in [5, 5.41) is 0.712. The van der Waals surface area contributed by atoms with Gasteiger partial charge in [-0.2, -0.15) is 0 Å². The van der Waals surface area contributed by atoms with E-state index < -0.39 is 17.2 Å². The number of hydrogen-bond acceptors (Lipinski definition) is 6. The molecule has 1 aliphatic heterocycles. The SMILES string of the molecule is C[C@@H]1CN(c2ncnc3c2c(-c2ccccn2)cn3-c2cc(F)cc(F)c2)CCN1C(=O)OC(C)(C)C. The summed E-state index contributed by atoms with van der Waals surface area (Å²) in [4.78, 5) is 30.1. The van der Waals surface area contributed by atoms with Crippen molar-refractivity contribution in [1.82, 2.24) is 24.4 Å². The lowest BCUT2D eigenvalue weighted by molar-refractivity contribution is 0.0158. The fourth-order valence-electron chi connectivity index (χ4n) is 4.62. The van der Waals surface area contributed by atoms with Crippen LogP contribution < -0.4 is 4.90 Å². The highest BCUT2D eigenvalue weighted by Crippen LogP contribution is 2.37. The molecular formula is C27H28F2N6O2. The number of pyridine rings is 1. The Hall–Kier alpha value is -4.08. The summed E-state index contributed by atoms with van der Waals surface area (Å²) in [6, 6.07) is 8.78. The highest BCUT2D eigenvalue weighted by atomic mass is 19.1. The topological polar surface area (TPSA) is 76.4 Å². The van der Waals surface area contributed by atoms with E-state index in [1.54, 1.807) is 21.9 Å². The summed E-state index contributed by atoms with van der Waals surface area (Å²) in [7, 11) is 0. The van der Waals surface area contributed by atoms with Crippen LogP contribution in [0.25, 0.3) is 28.0 Å². The highest BCUT2D eigenvalue weighted by molar-refractivity contribution is 6.01. The maximum absolute atomic E-state index is 14.1. The third-order valence-electron chi connectivity index (χ3n) is 6.18. The minimum absolute atomic E-state index is 0.133. The van der Waals surface area contributed by atoms with E-state index in [1.807, 2.05) is 45.9 Å². The third kappa shape index (κ3) is 4.96. The van der Waals surface area contributed by atoms with Crippen molar-refractivity contribution in [3.8, 4) is 16.9 Å². The zero-order chi connectivity index (χ0) is 26.3. The molecule has 4 aromatic rings. The Kier molecular flexibility index (Phi) is 6.26. The van der Waals surface area contributed by atoms with Gasteiger partial charge in [-0.05, 0) is 52.0 Å². The van der Waals surface area contributed by atoms with E-state index in [-0.39, 0.29) is 12.1 Å². The summed E-state index contributed by atoms with van der Waals surface area (Å²) in [6.45, 7) is 9.00. The number of nitrogens with zero attached hydrogens (tertiary/aromatic N) is 6. The molecule has 1 saturated heterocycles. The molecule has 0 radical (unpaired) electrons. The highest BCUT2D eigenvalue weighted by Gasteiger charge is 2.32. The molecule has 1 atom stereocenters. The normalized spacial score (nSPS) is 16.3. The van der Waals surface area contributed by atoms with E-state index in [0.29, 0.717) is 47.9 Å². The molecule has 1 aliphatic rings. The van der Waals surface area contributed by atoms with Crippen LogP contribution in [-0.2, 0) is 4.74 Å². The molecule has 3 aromatic heterocycles. The van der Waals surface area contributed by atoms with Gasteiger partial charge >= 0.3 is 6.09 Å². The first-order chi connectivity index (χ1) is 17.6. The summed E-state index contributed by atoms with van der Waals surface area (Å²) >= 11 is 0. The number of carbonyl (C=O) groups excluding carboxylic acids is 1. The Morgan fingerprint density at radius 3 is 2.46 bits per heavy atom. The first kappa shape index (κ1) is 24.6. The van der Waals surface area contributed by atoms with Crippen LogP contribution in [0.5, 0.6) is 0 Å². The average Bonchev–Trinajstić information content (AvgIpc) is 3.23. The molecule has 4 heterocycles. The lowest BCUT2D eigenvalue weighted by Crippen LogP contribution is -2.55. The molecule has 0 saturated carbocycles. The molecule has 5 rings (SSSR count). The number of amides is 1. The van der Waals surface area contributed by atoms with Crippen LogP contribution in [0.3, 0.4) is 0 Å². The quantitative estimate of drug-likeness (QED) is 0.380. The van der Waals surface area contributed by atoms with Gasteiger partial charge in [0.05, 0.1) is 16.8 Å². The van der Waals surface area contributed by atoms with Crippen molar-refractivity contribution in [3.05, 3.63) is 66.8 Å². The van der Waals surface area contributed by atoms with Gasteiger partial charge < -0.3 is 19.1 Å².